The maximum Gasteiger partial charge on any atom is 0.224 e. The second-order valence-corrected chi connectivity index (χ2v) is 5.11. The molecule has 0 saturated carbocycles. The van der Waals surface area contributed by atoms with Crippen LogP contribution in [0.15, 0.2) is 18.5 Å². The first-order valence-corrected chi connectivity index (χ1v) is 6.39. The van der Waals surface area contributed by atoms with E-state index in [2.05, 4.69) is 41.4 Å². The van der Waals surface area contributed by atoms with Gasteiger partial charge in [0.2, 0.25) is 5.91 Å². The van der Waals surface area contributed by atoms with Crippen molar-refractivity contribution in [3.63, 3.8) is 0 Å². The van der Waals surface area contributed by atoms with Crippen molar-refractivity contribution in [2.45, 2.75) is 32.7 Å². The molecule has 0 fully saturated rings. The first kappa shape index (κ1) is 12.8. The van der Waals surface area contributed by atoms with Gasteiger partial charge in [-0.1, -0.05) is 26.0 Å². The molecule has 0 spiro atoms. The number of amides is 1. The fourth-order valence-corrected chi connectivity index (χ4v) is 2.22. The first-order valence-electron chi connectivity index (χ1n) is 6.39. The summed E-state index contributed by atoms with van der Waals surface area (Å²) in [5.41, 5.74) is 0. The lowest BCUT2D eigenvalue weighted by Crippen LogP contribution is -2.37. The molecule has 18 heavy (non-hydrogen) atoms. The first-order chi connectivity index (χ1) is 8.59. The smallest absolute Gasteiger partial charge is 0.224 e. The van der Waals surface area contributed by atoms with Crippen LogP contribution in [0.2, 0.25) is 0 Å². The van der Waals surface area contributed by atoms with Gasteiger partial charge in [-0.2, -0.15) is 5.10 Å². The van der Waals surface area contributed by atoms with Crippen LogP contribution in [-0.2, 0) is 11.8 Å². The molecule has 1 N–H and O–H groups in total. The summed E-state index contributed by atoms with van der Waals surface area (Å²) in [4.78, 5) is 16.4. The van der Waals surface area contributed by atoms with E-state index in [1.54, 1.807) is 4.68 Å². The molecule has 98 valence electrons. The van der Waals surface area contributed by atoms with Gasteiger partial charge in [-0.3, -0.25) is 9.48 Å². The van der Waals surface area contributed by atoms with E-state index < -0.39 is 0 Å². The van der Waals surface area contributed by atoms with Gasteiger partial charge in [0.1, 0.15) is 12.2 Å². The molecule has 1 aliphatic carbocycles. The molecule has 0 aromatic carbocycles. The number of hydrogen-bond donors (Lipinski definition) is 1. The lowest BCUT2D eigenvalue weighted by Gasteiger charge is -2.23. The highest BCUT2D eigenvalue weighted by atomic mass is 16.2. The molecule has 1 atom stereocenters. The number of aryl methyl sites for hydroxylation is 1. The van der Waals surface area contributed by atoms with Crippen molar-refractivity contribution in [2.24, 2.45) is 18.9 Å². The van der Waals surface area contributed by atoms with Crippen LogP contribution in [-0.4, -0.2) is 20.7 Å². The summed E-state index contributed by atoms with van der Waals surface area (Å²) in [6, 6.07) is -0.0781. The zero-order valence-electron chi connectivity index (χ0n) is 11.1. The van der Waals surface area contributed by atoms with E-state index in [0.717, 1.165) is 18.7 Å². The van der Waals surface area contributed by atoms with Gasteiger partial charge in [0, 0.05) is 13.0 Å². The van der Waals surface area contributed by atoms with Crippen molar-refractivity contribution in [1.29, 1.82) is 0 Å². The van der Waals surface area contributed by atoms with E-state index in [4.69, 9.17) is 0 Å². The normalized spacial score (nSPS) is 17.3. The van der Waals surface area contributed by atoms with Crippen molar-refractivity contribution in [2.75, 3.05) is 0 Å². The van der Waals surface area contributed by atoms with Crippen LogP contribution in [0.1, 0.15) is 38.6 Å². The zero-order chi connectivity index (χ0) is 13.1. The van der Waals surface area contributed by atoms with Gasteiger partial charge in [0.25, 0.3) is 0 Å². The Labute approximate surface area is 107 Å². The van der Waals surface area contributed by atoms with Crippen molar-refractivity contribution < 1.29 is 4.79 Å². The number of aromatic nitrogens is 3. The van der Waals surface area contributed by atoms with Crippen molar-refractivity contribution in [3.8, 4) is 0 Å². The van der Waals surface area contributed by atoms with Crippen molar-refractivity contribution >= 4 is 5.91 Å². The molecule has 1 aromatic rings. The summed E-state index contributed by atoms with van der Waals surface area (Å²) in [5, 5.41) is 7.17. The maximum atomic E-state index is 12.2. The van der Waals surface area contributed by atoms with Crippen LogP contribution >= 0.6 is 0 Å². The monoisotopic (exact) mass is 248 g/mol. The Bertz CT molecular complexity index is 442. The summed E-state index contributed by atoms with van der Waals surface area (Å²) in [7, 11) is 1.85. The Morgan fingerprint density at radius 3 is 2.61 bits per heavy atom. The highest BCUT2D eigenvalue weighted by Gasteiger charge is 2.26. The summed E-state index contributed by atoms with van der Waals surface area (Å²) in [6.07, 6.45) is 7.34. The SMILES string of the molecule is CC(C)[C@H](NC(=O)C1CC=CC1)c1ncnn1C. The van der Waals surface area contributed by atoms with E-state index in [1.807, 2.05) is 7.05 Å². The third kappa shape index (κ3) is 2.60. The largest absolute Gasteiger partial charge is 0.346 e. The Kier molecular flexibility index (Phi) is 3.79. The number of rotatable bonds is 4. The predicted octanol–water partition coefficient (Wildman–Crippen LogP) is 1.59. The number of carbonyl (C=O) groups is 1. The second kappa shape index (κ2) is 5.33. The molecule has 1 heterocycles. The predicted molar refractivity (Wildman–Crippen MR) is 68.6 cm³/mol. The third-order valence-electron chi connectivity index (χ3n) is 3.37. The van der Waals surface area contributed by atoms with E-state index in [-0.39, 0.29) is 23.8 Å². The van der Waals surface area contributed by atoms with Gasteiger partial charge in [0.05, 0.1) is 6.04 Å². The van der Waals surface area contributed by atoms with Crippen molar-refractivity contribution in [1.82, 2.24) is 20.1 Å². The number of allylic oxidation sites excluding steroid dienone is 2. The quantitative estimate of drug-likeness (QED) is 0.823. The van der Waals surface area contributed by atoms with Gasteiger partial charge in [-0.25, -0.2) is 4.98 Å². The van der Waals surface area contributed by atoms with Crippen LogP contribution in [0.5, 0.6) is 0 Å². The Morgan fingerprint density at radius 2 is 2.11 bits per heavy atom. The summed E-state index contributed by atoms with van der Waals surface area (Å²) >= 11 is 0. The minimum absolute atomic E-state index is 0.0781. The molecule has 0 unspecified atom stereocenters. The number of nitrogens with zero attached hydrogens (tertiary/aromatic N) is 3. The Morgan fingerprint density at radius 1 is 1.44 bits per heavy atom. The number of nitrogens with one attached hydrogen (secondary N) is 1. The highest BCUT2D eigenvalue weighted by molar-refractivity contribution is 5.79. The summed E-state index contributed by atoms with van der Waals surface area (Å²) in [6.45, 7) is 4.15. The van der Waals surface area contributed by atoms with Crippen molar-refractivity contribution in [3.05, 3.63) is 24.3 Å². The average Bonchev–Trinajstić information content (AvgIpc) is 2.96. The molecular weight excluding hydrogens is 228 g/mol. The van der Waals surface area contributed by atoms with Crippen LogP contribution in [0.25, 0.3) is 0 Å². The van der Waals surface area contributed by atoms with Gasteiger partial charge < -0.3 is 5.32 Å². The van der Waals surface area contributed by atoms with E-state index >= 15 is 0 Å². The van der Waals surface area contributed by atoms with E-state index in [0.29, 0.717) is 0 Å². The van der Waals surface area contributed by atoms with Gasteiger partial charge in [0.15, 0.2) is 0 Å². The second-order valence-electron chi connectivity index (χ2n) is 5.11. The number of carbonyl (C=O) groups excluding carboxylic acids is 1. The maximum absolute atomic E-state index is 12.2. The molecule has 2 rings (SSSR count). The standard InChI is InChI=1S/C13H20N4O/c1-9(2)11(12-14-8-15-17(12)3)16-13(18)10-6-4-5-7-10/h4-5,8-11H,6-7H2,1-3H3,(H,16,18)/t11-/m0/s1. The van der Waals surface area contributed by atoms with Crippen LogP contribution < -0.4 is 5.32 Å². The van der Waals surface area contributed by atoms with E-state index in [1.165, 1.54) is 6.33 Å². The lowest BCUT2D eigenvalue weighted by atomic mass is 10.0. The third-order valence-corrected chi connectivity index (χ3v) is 3.37. The molecule has 0 saturated heterocycles. The van der Waals surface area contributed by atoms with Gasteiger partial charge in [-0.15, -0.1) is 0 Å². The van der Waals surface area contributed by atoms with Crippen LogP contribution in [0.4, 0.5) is 0 Å². The highest BCUT2D eigenvalue weighted by Crippen LogP contribution is 2.23. The fraction of sp³-hybridized carbons (Fsp3) is 0.615. The molecular formula is C13H20N4O. The fourth-order valence-electron chi connectivity index (χ4n) is 2.22. The van der Waals surface area contributed by atoms with Crippen LogP contribution in [0, 0.1) is 11.8 Å². The van der Waals surface area contributed by atoms with Gasteiger partial charge in [-0.05, 0) is 18.8 Å². The molecule has 0 aliphatic heterocycles. The van der Waals surface area contributed by atoms with Crippen LogP contribution in [0.3, 0.4) is 0 Å². The average molecular weight is 248 g/mol. The number of hydrogen-bond acceptors (Lipinski definition) is 3. The minimum Gasteiger partial charge on any atom is -0.346 e. The van der Waals surface area contributed by atoms with Gasteiger partial charge >= 0.3 is 0 Å². The topological polar surface area (TPSA) is 59.8 Å². The summed E-state index contributed by atoms with van der Waals surface area (Å²) in [5.74, 6) is 1.29. The Balaban J connectivity index is 2.07. The Hall–Kier alpha value is -1.65. The van der Waals surface area contributed by atoms with E-state index in [9.17, 15) is 4.79 Å². The summed E-state index contributed by atoms with van der Waals surface area (Å²) < 4.78 is 1.72. The zero-order valence-corrected chi connectivity index (χ0v) is 11.1. The molecule has 5 heteroatoms. The lowest BCUT2D eigenvalue weighted by molar-refractivity contribution is -0.125. The molecule has 1 aliphatic rings. The molecule has 0 bridgehead atoms. The molecule has 1 aromatic heterocycles. The molecule has 5 nitrogen and oxygen atoms in total. The minimum atomic E-state index is -0.0781. The molecule has 0 radical (unpaired) electrons. The molecule has 1 amide bonds.